The fraction of sp³-hybridized carbons (Fsp3) is 0.316. The molecule has 146 valence electrons. The van der Waals surface area contributed by atoms with Crippen molar-refractivity contribution >= 4 is 17.7 Å². The molecule has 0 radical (unpaired) electrons. The predicted octanol–water partition coefficient (Wildman–Crippen LogP) is 1.99. The molecule has 9 heteroatoms. The van der Waals surface area contributed by atoms with Gasteiger partial charge >= 0.3 is 5.97 Å². The number of hydrogen-bond donors (Lipinski definition) is 1. The Bertz CT molecular complexity index is 949. The lowest BCUT2D eigenvalue weighted by Crippen LogP contribution is -2.25. The molecule has 1 N–H and O–H groups in total. The molecule has 0 unspecified atom stereocenters. The molecule has 2 aromatic rings. The first-order chi connectivity index (χ1) is 13.5. The number of anilines is 1. The zero-order valence-corrected chi connectivity index (χ0v) is 15.5. The Balaban J connectivity index is 1.72. The van der Waals surface area contributed by atoms with Crippen LogP contribution in [0.4, 0.5) is 5.82 Å². The van der Waals surface area contributed by atoms with Crippen LogP contribution in [-0.4, -0.2) is 36.3 Å². The van der Waals surface area contributed by atoms with Crippen LogP contribution in [0.5, 0.6) is 0 Å². The van der Waals surface area contributed by atoms with Gasteiger partial charge in [0.25, 0.3) is 5.91 Å². The lowest BCUT2D eigenvalue weighted by atomic mass is 10.2. The Morgan fingerprint density at radius 1 is 1.36 bits per heavy atom. The highest BCUT2D eigenvalue weighted by atomic mass is 16.6. The van der Waals surface area contributed by atoms with Gasteiger partial charge in [0.1, 0.15) is 37.1 Å². The number of rotatable bonds is 6. The maximum absolute atomic E-state index is 12.3. The molecule has 1 aliphatic rings. The molecule has 9 nitrogen and oxygen atoms in total. The number of amides is 1. The molecule has 1 aliphatic heterocycles. The highest BCUT2D eigenvalue weighted by molar-refractivity contribution is 5.95. The third kappa shape index (κ3) is 4.01. The number of aromatic nitrogens is 1. The normalized spacial score (nSPS) is 13.0. The van der Waals surface area contributed by atoms with E-state index in [-0.39, 0.29) is 12.4 Å². The van der Waals surface area contributed by atoms with Crippen LogP contribution in [0.3, 0.4) is 0 Å². The van der Waals surface area contributed by atoms with E-state index in [2.05, 4.69) is 11.4 Å². The van der Waals surface area contributed by atoms with E-state index in [0.717, 1.165) is 17.5 Å². The maximum atomic E-state index is 12.3. The van der Waals surface area contributed by atoms with Crippen LogP contribution in [0.1, 0.15) is 22.6 Å². The van der Waals surface area contributed by atoms with Gasteiger partial charge in [0.15, 0.2) is 6.61 Å². The fourth-order valence-corrected chi connectivity index (χ4v) is 2.73. The van der Waals surface area contributed by atoms with Crippen molar-refractivity contribution in [2.24, 2.45) is 0 Å². The van der Waals surface area contributed by atoms with E-state index in [1.165, 1.54) is 0 Å². The Morgan fingerprint density at radius 2 is 2.18 bits per heavy atom. The molecule has 2 aromatic heterocycles. The average molecular weight is 385 g/mol. The highest BCUT2D eigenvalue weighted by Crippen LogP contribution is 2.27. The van der Waals surface area contributed by atoms with Crippen LogP contribution in [0.15, 0.2) is 34.8 Å². The number of carbonyl (C=O) groups excluding carboxylic acids is 2. The monoisotopic (exact) mass is 385 g/mol. The van der Waals surface area contributed by atoms with E-state index in [1.807, 2.05) is 6.92 Å². The minimum absolute atomic E-state index is 0.0929. The molecule has 0 aromatic carbocycles. The standard InChI is InChI=1S/C19H19N3O6/c1-12-13(2)22(9-14-4-3-5-26-14)18(15(12)8-20)21-17(23)11-28-19(24)16-10-25-6-7-27-16/h3-5,10H,6-7,9,11H2,1-2H3,(H,21,23). The molecular weight excluding hydrogens is 366 g/mol. The van der Waals surface area contributed by atoms with Crippen LogP contribution in [-0.2, 0) is 30.3 Å². The molecule has 1 amide bonds. The van der Waals surface area contributed by atoms with Gasteiger partial charge in [-0.05, 0) is 31.5 Å². The molecule has 0 bridgehead atoms. The van der Waals surface area contributed by atoms with E-state index in [4.69, 9.17) is 18.6 Å². The Morgan fingerprint density at radius 3 is 2.82 bits per heavy atom. The van der Waals surface area contributed by atoms with Gasteiger partial charge in [0, 0.05) is 5.69 Å². The van der Waals surface area contributed by atoms with Crippen LogP contribution in [0.2, 0.25) is 0 Å². The summed E-state index contributed by atoms with van der Waals surface area (Å²) in [6.45, 7) is 4.04. The molecule has 28 heavy (non-hydrogen) atoms. The minimum Gasteiger partial charge on any atom is -0.493 e. The van der Waals surface area contributed by atoms with Gasteiger partial charge in [-0.2, -0.15) is 5.26 Å². The van der Waals surface area contributed by atoms with E-state index in [0.29, 0.717) is 30.3 Å². The second kappa shape index (κ2) is 8.35. The van der Waals surface area contributed by atoms with Crippen molar-refractivity contribution in [2.75, 3.05) is 25.1 Å². The molecular formula is C19H19N3O6. The predicted molar refractivity (Wildman–Crippen MR) is 96.0 cm³/mol. The van der Waals surface area contributed by atoms with E-state index in [1.54, 1.807) is 29.9 Å². The zero-order chi connectivity index (χ0) is 20.1. The molecule has 3 rings (SSSR count). The third-order valence-corrected chi connectivity index (χ3v) is 4.28. The zero-order valence-electron chi connectivity index (χ0n) is 15.5. The van der Waals surface area contributed by atoms with Gasteiger partial charge < -0.3 is 28.5 Å². The number of hydrogen-bond acceptors (Lipinski definition) is 7. The number of furan rings is 1. The first kappa shape index (κ1) is 19.1. The van der Waals surface area contributed by atoms with Crippen LogP contribution >= 0.6 is 0 Å². The van der Waals surface area contributed by atoms with E-state index < -0.39 is 18.5 Å². The Hall–Kier alpha value is -3.67. The lowest BCUT2D eigenvalue weighted by Gasteiger charge is -2.15. The van der Waals surface area contributed by atoms with Gasteiger partial charge in [-0.1, -0.05) is 0 Å². The fourth-order valence-electron chi connectivity index (χ4n) is 2.73. The van der Waals surface area contributed by atoms with Crippen molar-refractivity contribution in [3.8, 4) is 6.07 Å². The van der Waals surface area contributed by atoms with Gasteiger partial charge in [0.2, 0.25) is 5.76 Å². The summed E-state index contributed by atoms with van der Waals surface area (Å²) < 4.78 is 22.1. The molecule has 0 aliphatic carbocycles. The smallest absolute Gasteiger partial charge is 0.377 e. The number of ether oxygens (including phenoxy) is 3. The summed E-state index contributed by atoms with van der Waals surface area (Å²) in [4.78, 5) is 24.2. The maximum Gasteiger partial charge on any atom is 0.377 e. The number of nitrogens with zero attached hydrogens (tertiary/aromatic N) is 2. The number of esters is 1. The summed E-state index contributed by atoms with van der Waals surface area (Å²) in [5.41, 5.74) is 1.91. The molecule has 3 heterocycles. The highest BCUT2D eigenvalue weighted by Gasteiger charge is 2.22. The van der Waals surface area contributed by atoms with Crippen molar-refractivity contribution in [3.05, 3.63) is 53.0 Å². The number of nitrogens with one attached hydrogen (secondary N) is 1. The SMILES string of the molecule is Cc1c(C#N)c(NC(=O)COC(=O)C2=COCCO2)n(Cc2ccco2)c1C. The van der Waals surface area contributed by atoms with Crippen molar-refractivity contribution in [1.82, 2.24) is 4.57 Å². The lowest BCUT2D eigenvalue weighted by molar-refractivity contribution is -0.148. The number of carbonyl (C=O) groups is 2. The topological polar surface area (TPSA) is 116 Å². The van der Waals surface area contributed by atoms with Crippen LogP contribution in [0, 0.1) is 25.2 Å². The van der Waals surface area contributed by atoms with Crippen molar-refractivity contribution in [1.29, 1.82) is 5.26 Å². The molecule has 0 spiro atoms. The van der Waals surface area contributed by atoms with Crippen molar-refractivity contribution in [3.63, 3.8) is 0 Å². The van der Waals surface area contributed by atoms with Crippen molar-refractivity contribution in [2.45, 2.75) is 20.4 Å². The summed E-state index contributed by atoms with van der Waals surface area (Å²) in [5.74, 6) is -0.476. The second-order valence-corrected chi connectivity index (χ2v) is 6.04. The van der Waals surface area contributed by atoms with E-state index in [9.17, 15) is 14.9 Å². The van der Waals surface area contributed by atoms with Gasteiger partial charge in [-0.25, -0.2) is 4.79 Å². The van der Waals surface area contributed by atoms with Crippen molar-refractivity contribution < 1.29 is 28.2 Å². The molecule has 0 atom stereocenters. The Kier molecular flexibility index (Phi) is 5.69. The average Bonchev–Trinajstić information content (AvgIpc) is 3.30. The first-order valence-electron chi connectivity index (χ1n) is 8.55. The third-order valence-electron chi connectivity index (χ3n) is 4.28. The molecule has 0 saturated heterocycles. The summed E-state index contributed by atoms with van der Waals surface area (Å²) in [6.07, 6.45) is 2.70. The van der Waals surface area contributed by atoms with E-state index >= 15 is 0 Å². The van der Waals surface area contributed by atoms with Gasteiger partial charge in [-0.3, -0.25) is 4.79 Å². The summed E-state index contributed by atoms with van der Waals surface area (Å²) in [5, 5.41) is 12.2. The minimum atomic E-state index is -0.798. The molecule has 0 fully saturated rings. The largest absolute Gasteiger partial charge is 0.493 e. The second-order valence-electron chi connectivity index (χ2n) is 6.04. The first-order valence-corrected chi connectivity index (χ1v) is 8.55. The molecule has 0 saturated carbocycles. The van der Waals surface area contributed by atoms with Gasteiger partial charge in [0.05, 0.1) is 18.4 Å². The summed E-state index contributed by atoms with van der Waals surface area (Å²) >= 11 is 0. The van der Waals surface area contributed by atoms with Crippen LogP contribution < -0.4 is 5.32 Å². The summed E-state index contributed by atoms with van der Waals surface area (Å²) in [7, 11) is 0. The summed E-state index contributed by atoms with van der Waals surface area (Å²) in [6, 6.07) is 5.67. The number of nitriles is 1. The quantitative estimate of drug-likeness (QED) is 0.756. The Labute approximate surface area is 161 Å². The van der Waals surface area contributed by atoms with Crippen LogP contribution in [0.25, 0.3) is 0 Å². The van der Waals surface area contributed by atoms with Gasteiger partial charge in [-0.15, -0.1) is 0 Å².